The molecule has 0 unspecified atom stereocenters. The quantitative estimate of drug-likeness (QED) is 0.452. The number of hydrogen-bond acceptors (Lipinski definition) is 5. The molecule has 3 amide bonds. The Morgan fingerprint density at radius 3 is 2.16 bits per heavy atom. The van der Waals surface area contributed by atoms with Crippen LogP contribution in [0, 0.1) is 19.8 Å². The number of nitrogens with one attached hydrogen (secondary N) is 1. The van der Waals surface area contributed by atoms with Gasteiger partial charge in [0.25, 0.3) is 17.7 Å². The fourth-order valence-corrected chi connectivity index (χ4v) is 4.02. The molecule has 0 aromatic heterocycles. The summed E-state index contributed by atoms with van der Waals surface area (Å²) in [4.78, 5) is 51.9. The number of halogens is 1. The number of nitrogens with zero attached hydrogens (tertiary/aromatic N) is 1. The lowest BCUT2D eigenvalue weighted by molar-refractivity contribution is -0.151. The first-order valence-corrected chi connectivity index (χ1v) is 11.1. The van der Waals surface area contributed by atoms with Crippen molar-refractivity contribution in [1.82, 2.24) is 4.90 Å². The van der Waals surface area contributed by atoms with Crippen LogP contribution in [0.3, 0.4) is 0 Å². The topological polar surface area (TPSA) is 92.8 Å². The van der Waals surface area contributed by atoms with Gasteiger partial charge in [0.1, 0.15) is 6.04 Å². The first-order valence-electron chi connectivity index (χ1n) is 10.3. The lowest BCUT2D eigenvalue weighted by Crippen LogP contribution is -2.46. The molecule has 1 aliphatic rings. The molecule has 0 radical (unpaired) electrons. The molecule has 3 rings (SSSR count). The molecular formula is C24H25BrN2O5. The van der Waals surface area contributed by atoms with Crippen molar-refractivity contribution >= 4 is 45.3 Å². The van der Waals surface area contributed by atoms with Crippen LogP contribution in [0.5, 0.6) is 0 Å². The molecule has 2 aromatic carbocycles. The number of benzene rings is 2. The third-order valence-corrected chi connectivity index (χ3v) is 6.30. The molecule has 0 bridgehead atoms. The van der Waals surface area contributed by atoms with Crippen molar-refractivity contribution in [1.29, 1.82) is 0 Å². The molecule has 32 heavy (non-hydrogen) atoms. The molecule has 8 heteroatoms. The summed E-state index contributed by atoms with van der Waals surface area (Å²) in [5.41, 5.74) is 3.02. The van der Waals surface area contributed by atoms with Gasteiger partial charge in [-0.3, -0.25) is 19.3 Å². The van der Waals surface area contributed by atoms with E-state index >= 15 is 0 Å². The van der Waals surface area contributed by atoms with Gasteiger partial charge < -0.3 is 10.1 Å². The van der Waals surface area contributed by atoms with Crippen molar-refractivity contribution in [2.24, 2.45) is 5.92 Å². The summed E-state index contributed by atoms with van der Waals surface area (Å²) in [6, 6.07) is 8.93. The highest BCUT2D eigenvalue weighted by atomic mass is 79.9. The second kappa shape index (κ2) is 9.65. The van der Waals surface area contributed by atoms with E-state index in [1.165, 1.54) is 0 Å². The minimum atomic E-state index is -1.10. The highest BCUT2D eigenvalue weighted by Crippen LogP contribution is 2.28. The van der Waals surface area contributed by atoms with Crippen LogP contribution < -0.4 is 5.32 Å². The van der Waals surface area contributed by atoms with E-state index in [0.29, 0.717) is 5.69 Å². The molecule has 1 N–H and O–H groups in total. The van der Waals surface area contributed by atoms with Crippen LogP contribution in [-0.4, -0.2) is 41.2 Å². The Morgan fingerprint density at radius 2 is 1.59 bits per heavy atom. The highest BCUT2D eigenvalue weighted by molar-refractivity contribution is 9.10. The lowest BCUT2D eigenvalue weighted by Gasteiger charge is -2.25. The van der Waals surface area contributed by atoms with Gasteiger partial charge in [0.15, 0.2) is 6.61 Å². The first-order chi connectivity index (χ1) is 15.1. The Morgan fingerprint density at radius 1 is 1.00 bits per heavy atom. The Kier molecular flexibility index (Phi) is 7.13. The number of imide groups is 1. The van der Waals surface area contributed by atoms with Crippen molar-refractivity contribution < 1.29 is 23.9 Å². The van der Waals surface area contributed by atoms with Gasteiger partial charge >= 0.3 is 5.97 Å². The third-order valence-electron chi connectivity index (χ3n) is 5.44. The van der Waals surface area contributed by atoms with Gasteiger partial charge in [-0.2, -0.15) is 0 Å². The molecule has 0 aliphatic carbocycles. The number of carbonyl (C=O) groups excluding carboxylic acids is 4. The van der Waals surface area contributed by atoms with Crippen molar-refractivity contribution in [3.05, 3.63) is 63.1 Å². The van der Waals surface area contributed by atoms with Gasteiger partial charge in [-0.1, -0.05) is 41.9 Å². The largest absolute Gasteiger partial charge is 0.454 e. The van der Waals surface area contributed by atoms with E-state index in [9.17, 15) is 19.2 Å². The molecule has 0 fully saturated rings. The molecule has 1 aliphatic heterocycles. The number of ether oxygens (including phenoxy) is 1. The van der Waals surface area contributed by atoms with Crippen molar-refractivity contribution in [2.75, 3.05) is 11.9 Å². The van der Waals surface area contributed by atoms with Crippen LogP contribution in [0.15, 0.2) is 40.9 Å². The van der Waals surface area contributed by atoms with Crippen molar-refractivity contribution in [3.63, 3.8) is 0 Å². The number of hydrogen-bond donors (Lipinski definition) is 1. The number of fused-ring (bicyclic) bond motifs is 1. The monoisotopic (exact) mass is 500 g/mol. The van der Waals surface area contributed by atoms with Crippen LogP contribution in [0.25, 0.3) is 0 Å². The van der Waals surface area contributed by atoms with E-state index < -0.39 is 36.3 Å². The van der Waals surface area contributed by atoms with E-state index in [4.69, 9.17) is 4.74 Å². The summed E-state index contributed by atoms with van der Waals surface area (Å²) in [5, 5.41) is 2.73. The van der Waals surface area contributed by atoms with Crippen LogP contribution in [0.2, 0.25) is 0 Å². The summed E-state index contributed by atoms with van der Waals surface area (Å²) in [6.07, 6.45) is 0.233. The van der Waals surface area contributed by atoms with E-state index in [-0.39, 0.29) is 23.5 Å². The zero-order valence-corrected chi connectivity index (χ0v) is 20.0. The summed E-state index contributed by atoms with van der Waals surface area (Å²) < 4.78 is 6.16. The second-order valence-corrected chi connectivity index (χ2v) is 9.03. The molecule has 7 nitrogen and oxygen atoms in total. The van der Waals surface area contributed by atoms with Crippen LogP contribution in [0.4, 0.5) is 5.69 Å². The van der Waals surface area contributed by atoms with E-state index in [1.54, 1.807) is 30.3 Å². The third kappa shape index (κ3) is 4.75. The molecule has 2 aromatic rings. The lowest BCUT2D eigenvalue weighted by atomic mass is 10.0. The zero-order chi connectivity index (χ0) is 23.6. The summed E-state index contributed by atoms with van der Waals surface area (Å²) in [6.45, 7) is 7.04. The fourth-order valence-electron chi connectivity index (χ4n) is 3.59. The maximum Gasteiger partial charge on any atom is 0.329 e. The van der Waals surface area contributed by atoms with Crippen LogP contribution in [0.1, 0.15) is 52.1 Å². The number of anilines is 1. The van der Waals surface area contributed by atoms with Gasteiger partial charge in [0.2, 0.25) is 0 Å². The normalized spacial score (nSPS) is 13.9. The van der Waals surface area contributed by atoms with E-state index in [0.717, 1.165) is 20.5 Å². The first kappa shape index (κ1) is 23.7. The number of rotatable bonds is 7. The van der Waals surface area contributed by atoms with Gasteiger partial charge in [0.05, 0.1) is 11.1 Å². The molecule has 0 saturated carbocycles. The maximum absolute atomic E-state index is 12.9. The average Bonchev–Trinajstić information content (AvgIpc) is 3.01. The zero-order valence-electron chi connectivity index (χ0n) is 18.4. The predicted molar refractivity (Wildman–Crippen MR) is 123 cm³/mol. The van der Waals surface area contributed by atoms with E-state index in [2.05, 4.69) is 21.2 Å². The molecule has 0 saturated heterocycles. The SMILES string of the molecule is Cc1c(Br)ccc(NC(=O)COC(=O)[C@H](CC(C)C)N2C(=O)c3ccccc3C2=O)c1C. The molecular weight excluding hydrogens is 476 g/mol. The maximum atomic E-state index is 12.9. The van der Waals surface area contributed by atoms with Gasteiger partial charge in [-0.05, 0) is 61.6 Å². The fraction of sp³-hybridized carbons (Fsp3) is 0.333. The van der Waals surface area contributed by atoms with Gasteiger partial charge in [0, 0.05) is 10.2 Å². The minimum absolute atomic E-state index is 0.0130. The molecule has 0 spiro atoms. The minimum Gasteiger partial charge on any atom is -0.454 e. The Labute approximate surface area is 195 Å². The summed E-state index contributed by atoms with van der Waals surface area (Å²) >= 11 is 3.44. The second-order valence-electron chi connectivity index (χ2n) is 8.17. The number of esters is 1. The average molecular weight is 501 g/mol. The number of amides is 3. The van der Waals surface area contributed by atoms with E-state index in [1.807, 2.05) is 33.8 Å². The summed E-state index contributed by atoms with van der Waals surface area (Å²) in [5.74, 6) is -2.34. The van der Waals surface area contributed by atoms with Crippen molar-refractivity contribution in [2.45, 2.75) is 40.2 Å². The Balaban J connectivity index is 1.71. The molecule has 1 atom stereocenters. The van der Waals surface area contributed by atoms with Gasteiger partial charge in [-0.25, -0.2) is 4.79 Å². The predicted octanol–water partition coefficient (Wildman–Crippen LogP) is 4.26. The smallest absolute Gasteiger partial charge is 0.329 e. The van der Waals surface area contributed by atoms with Crippen LogP contribution >= 0.6 is 15.9 Å². The number of carbonyl (C=O) groups is 4. The standard InChI is InChI=1S/C24H25BrN2O5/c1-13(2)11-20(27-22(29)16-7-5-6-8-17(16)23(27)30)24(31)32-12-21(28)26-19-10-9-18(25)14(3)15(19)4/h5-10,13,20H,11-12H2,1-4H3,(H,26,28)/t20-/m0/s1. The van der Waals surface area contributed by atoms with Gasteiger partial charge in [-0.15, -0.1) is 0 Å². The van der Waals surface area contributed by atoms with Crippen LogP contribution in [-0.2, 0) is 14.3 Å². The Hall–Kier alpha value is -3.00. The molecule has 1 heterocycles. The highest BCUT2D eigenvalue weighted by Gasteiger charge is 2.43. The Bertz CT molecular complexity index is 1060. The molecule has 168 valence electrons. The van der Waals surface area contributed by atoms with Crippen molar-refractivity contribution in [3.8, 4) is 0 Å². The summed E-state index contributed by atoms with van der Waals surface area (Å²) in [7, 11) is 0.